The average molecular weight is 292 g/mol. The largest absolute Gasteiger partial charge is 0.458 e. The fraction of sp³-hybridized carbons (Fsp3) is 0.588. The topological polar surface area (TPSA) is 35.5 Å². The fourth-order valence-electron chi connectivity index (χ4n) is 2.75. The van der Waals surface area contributed by atoms with E-state index < -0.39 is 0 Å². The molecule has 0 aliphatic carbocycles. The van der Waals surface area contributed by atoms with Crippen molar-refractivity contribution < 1.29 is 18.8 Å². The first kappa shape index (κ1) is 16.0. The number of quaternary nitrogens is 1. The first-order valence-electron chi connectivity index (χ1n) is 7.79. The van der Waals surface area contributed by atoms with Crippen LogP contribution in [0, 0.1) is 0 Å². The van der Waals surface area contributed by atoms with Crippen molar-refractivity contribution in [3.05, 3.63) is 35.9 Å². The lowest BCUT2D eigenvalue weighted by molar-refractivity contribution is -0.914. The highest BCUT2D eigenvalue weighted by Gasteiger charge is 2.24. The van der Waals surface area contributed by atoms with Crippen LogP contribution in [0.4, 0.5) is 0 Å². The first-order valence-corrected chi connectivity index (χ1v) is 7.79. The minimum atomic E-state index is -0.269. The van der Waals surface area contributed by atoms with Crippen LogP contribution in [0.1, 0.15) is 24.8 Å². The van der Waals surface area contributed by atoms with Gasteiger partial charge in [-0.2, -0.15) is 0 Å². The summed E-state index contributed by atoms with van der Waals surface area (Å²) in [6.07, 6.45) is 3.90. The van der Waals surface area contributed by atoms with E-state index in [-0.39, 0.29) is 12.6 Å². The summed E-state index contributed by atoms with van der Waals surface area (Å²) in [4.78, 5) is 11.6. The molecule has 4 nitrogen and oxygen atoms in total. The number of hydrogen-bond donors (Lipinski definition) is 0. The molecule has 4 heteroatoms. The summed E-state index contributed by atoms with van der Waals surface area (Å²) in [5, 5.41) is 0. The lowest BCUT2D eigenvalue weighted by Gasteiger charge is -2.37. The number of rotatable bonds is 7. The smallest absolute Gasteiger partial charge is 0.332 e. The molecule has 1 fully saturated rings. The van der Waals surface area contributed by atoms with Gasteiger partial charge < -0.3 is 14.0 Å². The van der Waals surface area contributed by atoms with Gasteiger partial charge in [0.15, 0.2) is 0 Å². The molecule has 2 rings (SSSR count). The van der Waals surface area contributed by atoms with E-state index in [1.54, 1.807) is 0 Å². The van der Waals surface area contributed by atoms with Gasteiger partial charge in [0.05, 0.1) is 26.7 Å². The number of likely N-dealkylation sites (N-methyl/N-ethyl adjacent to an activating group) is 1. The molecule has 21 heavy (non-hydrogen) atoms. The molecule has 0 radical (unpaired) electrons. The van der Waals surface area contributed by atoms with E-state index >= 15 is 0 Å². The standard InChI is InChI=1S/C17H26NO3/c1-18(10-6-3-7-11-18)12-13-21-17(19)15-20-14-16-8-4-2-5-9-16/h2,4-5,8-9H,3,6-7,10-15H2,1H3/q+1. The molecule has 0 atom stereocenters. The molecule has 0 aromatic heterocycles. The highest BCUT2D eigenvalue weighted by atomic mass is 16.6. The highest BCUT2D eigenvalue weighted by molar-refractivity contribution is 5.70. The second kappa shape index (κ2) is 8.15. The normalized spacial score (nSPS) is 17.4. The number of hydrogen-bond acceptors (Lipinski definition) is 3. The summed E-state index contributed by atoms with van der Waals surface area (Å²) in [5.74, 6) is -0.269. The number of likely N-dealkylation sites (tertiary alicyclic amines) is 1. The van der Waals surface area contributed by atoms with Crippen molar-refractivity contribution in [1.82, 2.24) is 0 Å². The van der Waals surface area contributed by atoms with Crippen molar-refractivity contribution >= 4 is 5.97 Å². The number of ether oxygens (including phenoxy) is 2. The molecule has 0 saturated carbocycles. The van der Waals surface area contributed by atoms with E-state index in [2.05, 4.69) is 7.05 Å². The Kier molecular flexibility index (Phi) is 6.21. The van der Waals surface area contributed by atoms with Gasteiger partial charge in [0, 0.05) is 0 Å². The second-order valence-corrected chi connectivity index (χ2v) is 6.05. The van der Waals surface area contributed by atoms with Crippen LogP contribution in [0.2, 0.25) is 0 Å². The Morgan fingerprint density at radius 3 is 2.57 bits per heavy atom. The number of piperidine rings is 1. The molecule has 0 N–H and O–H groups in total. The number of carbonyl (C=O) groups is 1. The third-order valence-corrected chi connectivity index (χ3v) is 4.12. The number of carbonyl (C=O) groups excluding carboxylic acids is 1. The Hall–Kier alpha value is -1.39. The zero-order valence-electron chi connectivity index (χ0n) is 12.9. The first-order chi connectivity index (χ1) is 10.2. The molecule has 0 spiro atoms. The monoisotopic (exact) mass is 292 g/mol. The van der Waals surface area contributed by atoms with Crippen LogP contribution in [0.5, 0.6) is 0 Å². The molecule has 1 aliphatic heterocycles. The Bertz CT molecular complexity index is 427. The molecular weight excluding hydrogens is 266 g/mol. The average Bonchev–Trinajstić information content (AvgIpc) is 2.49. The van der Waals surface area contributed by atoms with Crippen LogP contribution in [0.25, 0.3) is 0 Å². The number of nitrogens with zero attached hydrogens (tertiary/aromatic N) is 1. The Balaban J connectivity index is 1.57. The lowest BCUT2D eigenvalue weighted by Crippen LogP contribution is -2.49. The number of benzene rings is 1. The minimum absolute atomic E-state index is 0.0264. The second-order valence-electron chi connectivity index (χ2n) is 6.05. The highest BCUT2D eigenvalue weighted by Crippen LogP contribution is 2.15. The molecule has 1 aromatic rings. The molecular formula is C17H26NO3+. The van der Waals surface area contributed by atoms with Gasteiger partial charge in [0.25, 0.3) is 0 Å². The summed E-state index contributed by atoms with van der Waals surface area (Å²) in [6.45, 7) is 4.26. The van der Waals surface area contributed by atoms with Crippen molar-refractivity contribution in [2.45, 2.75) is 25.9 Å². The molecule has 1 aromatic carbocycles. The maximum Gasteiger partial charge on any atom is 0.332 e. The van der Waals surface area contributed by atoms with E-state index in [1.165, 1.54) is 32.4 Å². The van der Waals surface area contributed by atoms with Crippen LogP contribution in [0.3, 0.4) is 0 Å². The van der Waals surface area contributed by atoms with Crippen molar-refractivity contribution in [3.63, 3.8) is 0 Å². The van der Waals surface area contributed by atoms with Crippen LogP contribution in [-0.2, 0) is 20.9 Å². The molecule has 116 valence electrons. The third kappa shape index (κ3) is 5.86. The molecule has 1 aliphatic rings. The van der Waals surface area contributed by atoms with Crippen LogP contribution >= 0.6 is 0 Å². The van der Waals surface area contributed by atoms with Gasteiger partial charge in [-0.3, -0.25) is 0 Å². The van der Waals surface area contributed by atoms with Crippen molar-refractivity contribution in [3.8, 4) is 0 Å². The molecule has 0 bridgehead atoms. The van der Waals surface area contributed by atoms with Crippen LogP contribution in [0.15, 0.2) is 30.3 Å². The third-order valence-electron chi connectivity index (χ3n) is 4.12. The van der Waals surface area contributed by atoms with E-state index in [9.17, 15) is 4.79 Å². The molecule has 1 saturated heterocycles. The predicted octanol–water partition coefficient (Wildman–Crippen LogP) is 2.38. The van der Waals surface area contributed by atoms with Gasteiger partial charge in [-0.1, -0.05) is 30.3 Å². The number of esters is 1. The zero-order chi connectivity index (χ0) is 15.0. The van der Waals surface area contributed by atoms with E-state index in [4.69, 9.17) is 9.47 Å². The van der Waals surface area contributed by atoms with Gasteiger partial charge in [-0.25, -0.2) is 4.79 Å². The van der Waals surface area contributed by atoms with Gasteiger partial charge in [-0.05, 0) is 24.8 Å². The molecule has 1 heterocycles. The van der Waals surface area contributed by atoms with Crippen molar-refractivity contribution in [1.29, 1.82) is 0 Å². The molecule has 0 unspecified atom stereocenters. The van der Waals surface area contributed by atoms with Gasteiger partial charge >= 0.3 is 5.97 Å². The van der Waals surface area contributed by atoms with Crippen molar-refractivity contribution in [2.24, 2.45) is 0 Å². The van der Waals surface area contributed by atoms with Gasteiger partial charge in [0.1, 0.15) is 19.8 Å². The van der Waals surface area contributed by atoms with Gasteiger partial charge in [0.2, 0.25) is 0 Å². The fourth-order valence-corrected chi connectivity index (χ4v) is 2.75. The SMILES string of the molecule is C[N+]1(CCOC(=O)COCc2ccccc2)CCCCC1. The van der Waals surface area contributed by atoms with Crippen LogP contribution < -0.4 is 0 Å². The summed E-state index contributed by atoms with van der Waals surface area (Å²) in [6, 6.07) is 9.83. The summed E-state index contributed by atoms with van der Waals surface area (Å²) >= 11 is 0. The zero-order valence-corrected chi connectivity index (χ0v) is 12.9. The lowest BCUT2D eigenvalue weighted by atomic mass is 10.1. The summed E-state index contributed by atoms with van der Waals surface area (Å²) < 4.78 is 11.7. The Labute approximate surface area is 127 Å². The Morgan fingerprint density at radius 1 is 1.14 bits per heavy atom. The predicted molar refractivity (Wildman–Crippen MR) is 81.7 cm³/mol. The molecule has 0 amide bonds. The van der Waals surface area contributed by atoms with Gasteiger partial charge in [-0.15, -0.1) is 0 Å². The van der Waals surface area contributed by atoms with Crippen LogP contribution in [-0.4, -0.2) is 50.3 Å². The summed E-state index contributed by atoms with van der Waals surface area (Å²) in [7, 11) is 2.25. The quantitative estimate of drug-likeness (QED) is 0.572. The van der Waals surface area contributed by atoms with E-state index in [0.29, 0.717) is 13.2 Å². The maximum absolute atomic E-state index is 11.6. The maximum atomic E-state index is 11.6. The minimum Gasteiger partial charge on any atom is -0.458 e. The Morgan fingerprint density at radius 2 is 1.86 bits per heavy atom. The van der Waals surface area contributed by atoms with E-state index in [0.717, 1.165) is 16.6 Å². The summed E-state index contributed by atoms with van der Waals surface area (Å²) in [5.41, 5.74) is 1.07. The van der Waals surface area contributed by atoms with Crippen molar-refractivity contribution in [2.75, 3.05) is 39.9 Å². The van der Waals surface area contributed by atoms with E-state index in [1.807, 2.05) is 30.3 Å².